The minimum atomic E-state index is 0.539. The smallest absolute Gasteiger partial charge is 0.153 e. The second-order valence-electron chi connectivity index (χ2n) is 12.1. The molecule has 9 aromatic rings. The number of benzene rings is 6. The van der Waals surface area contributed by atoms with E-state index in [9.17, 15) is 0 Å². The Morgan fingerprint density at radius 1 is 0.640 bits per heavy atom. The van der Waals surface area contributed by atoms with Crippen LogP contribution in [0.15, 0.2) is 150 Å². The summed E-state index contributed by atoms with van der Waals surface area (Å²) in [6.45, 7) is 0. The Balaban J connectivity index is 0.000000135. The molecule has 0 unspecified atom stereocenters. The highest BCUT2D eigenvalue weighted by atomic mass is 35.5. The molecule has 0 fully saturated rings. The van der Waals surface area contributed by atoms with E-state index < -0.39 is 0 Å². The highest BCUT2D eigenvalue weighted by Crippen LogP contribution is 2.48. The molecule has 7 heteroatoms. The Labute approximate surface area is 297 Å². The average molecular weight is 689 g/mol. The van der Waals surface area contributed by atoms with E-state index in [1.165, 1.54) is 27.6 Å². The first-order valence-corrected chi connectivity index (χ1v) is 17.0. The summed E-state index contributed by atoms with van der Waals surface area (Å²) >= 11 is 12.5. The molecule has 1 aliphatic carbocycles. The summed E-state index contributed by atoms with van der Waals surface area (Å²) in [4.78, 5) is 9.13. The van der Waals surface area contributed by atoms with E-state index >= 15 is 0 Å². The first-order chi connectivity index (χ1) is 24.6. The summed E-state index contributed by atoms with van der Waals surface area (Å²) in [7, 11) is 0. The van der Waals surface area contributed by atoms with E-state index in [0.29, 0.717) is 21.5 Å². The zero-order valence-corrected chi connectivity index (χ0v) is 28.0. The van der Waals surface area contributed by atoms with E-state index in [1.54, 1.807) is 12.3 Å². The van der Waals surface area contributed by atoms with Crippen LogP contribution in [0.2, 0.25) is 10.0 Å². The summed E-state index contributed by atoms with van der Waals surface area (Å²) in [6, 6.07) is 43.8. The molecule has 0 saturated heterocycles. The molecule has 3 heterocycles. The maximum absolute atomic E-state index is 6.29. The fourth-order valence-corrected chi connectivity index (χ4v) is 7.15. The van der Waals surface area contributed by atoms with Crippen molar-refractivity contribution >= 4 is 78.3 Å². The van der Waals surface area contributed by atoms with Crippen LogP contribution in [0.1, 0.15) is 11.1 Å². The van der Waals surface area contributed by atoms with Gasteiger partial charge in [-0.1, -0.05) is 102 Å². The van der Waals surface area contributed by atoms with Crippen LogP contribution in [0.5, 0.6) is 11.5 Å². The van der Waals surface area contributed by atoms with Crippen molar-refractivity contribution < 1.29 is 9.15 Å². The molecule has 0 bridgehead atoms. The van der Waals surface area contributed by atoms with Crippen LogP contribution in [0.3, 0.4) is 0 Å². The van der Waals surface area contributed by atoms with Crippen LogP contribution in [0, 0.1) is 0 Å². The van der Waals surface area contributed by atoms with E-state index in [-0.39, 0.29) is 0 Å². The number of hydrogen-bond acceptors (Lipinski definition) is 5. The van der Waals surface area contributed by atoms with Crippen molar-refractivity contribution in [3.8, 4) is 22.6 Å². The summed E-state index contributed by atoms with van der Waals surface area (Å²) < 4.78 is 12.4. The van der Waals surface area contributed by atoms with Crippen molar-refractivity contribution in [2.45, 2.75) is 6.42 Å². The van der Waals surface area contributed by atoms with Crippen LogP contribution in [0.25, 0.3) is 54.9 Å². The molecular formula is C43H27Cl2N3O2. The first-order valence-electron chi connectivity index (χ1n) is 16.2. The van der Waals surface area contributed by atoms with Crippen LogP contribution in [0.4, 0.5) is 11.4 Å². The minimum absolute atomic E-state index is 0.539. The standard InChI is InChI=1S/C22H13NO.C21H14Cl2N2O/c1-2-7-14-13(6-1)12-17-19(14)16-9-5-11-23-21(16)20-15-8-3-4-10-18(15)24-22(17)20;22-15-7-1-3-9-17(15)25-19-12-14-6-5-11-24-18(14)13-21(19)26-20-10-4-2-8-16(20)23/h1-11H,12H2;1-13,25H. The number of halogens is 2. The van der Waals surface area contributed by atoms with Gasteiger partial charge >= 0.3 is 0 Å². The molecule has 0 amide bonds. The van der Waals surface area contributed by atoms with Gasteiger partial charge in [0.1, 0.15) is 16.9 Å². The molecule has 1 aliphatic rings. The Morgan fingerprint density at radius 2 is 1.38 bits per heavy atom. The Bertz CT molecular complexity index is 2650. The maximum atomic E-state index is 6.29. The number of anilines is 2. The zero-order chi connectivity index (χ0) is 33.6. The molecule has 240 valence electrons. The Kier molecular flexibility index (Phi) is 7.57. The van der Waals surface area contributed by atoms with Gasteiger partial charge in [0.2, 0.25) is 0 Å². The van der Waals surface area contributed by atoms with Gasteiger partial charge in [-0.25, -0.2) is 0 Å². The largest absolute Gasteiger partial charge is 0.456 e. The number of pyridine rings is 2. The lowest BCUT2D eigenvalue weighted by Gasteiger charge is -2.15. The van der Waals surface area contributed by atoms with Gasteiger partial charge in [0.25, 0.3) is 0 Å². The Hall–Kier alpha value is -5.88. The molecule has 0 radical (unpaired) electrons. The topological polar surface area (TPSA) is 60.2 Å². The van der Waals surface area contributed by atoms with Crippen molar-refractivity contribution in [1.82, 2.24) is 9.97 Å². The van der Waals surface area contributed by atoms with Crippen molar-refractivity contribution in [2.24, 2.45) is 0 Å². The van der Waals surface area contributed by atoms with Gasteiger partial charge in [-0.05, 0) is 65.2 Å². The van der Waals surface area contributed by atoms with E-state index in [0.717, 1.165) is 56.2 Å². The monoisotopic (exact) mass is 687 g/mol. The molecule has 0 saturated carbocycles. The van der Waals surface area contributed by atoms with Gasteiger partial charge in [0, 0.05) is 46.6 Å². The number of rotatable bonds is 4. The number of aromatic nitrogens is 2. The number of furan rings is 1. The maximum Gasteiger partial charge on any atom is 0.153 e. The molecule has 1 N–H and O–H groups in total. The molecule has 5 nitrogen and oxygen atoms in total. The predicted molar refractivity (Wildman–Crippen MR) is 205 cm³/mol. The van der Waals surface area contributed by atoms with Gasteiger partial charge in [-0.15, -0.1) is 0 Å². The first kappa shape index (κ1) is 30.2. The van der Waals surface area contributed by atoms with Crippen molar-refractivity contribution in [1.29, 1.82) is 0 Å². The lowest BCUT2D eigenvalue weighted by atomic mass is 9.97. The van der Waals surface area contributed by atoms with E-state index in [1.807, 2.05) is 91.1 Å². The number of nitrogens with zero attached hydrogens (tertiary/aromatic N) is 2. The quantitative estimate of drug-likeness (QED) is 0.199. The molecule has 50 heavy (non-hydrogen) atoms. The van der Waals surface area contributed by atoms with E-state index in [4.69, 9.17) is 37.3 Å². The number of hydrogen-bond donors (Lipinski definition) is 1. The second-order valence-corrected chi connectivity index (χ2v) is 12.9. The molecule has 0 aliphatic heterocycles. The van der Waals surface area contributed by atoms with Gasteiger partial charge in [-0.3, -0.25) is 9.97 Å². The molecule has 6 aromatic carbocycles. The summed E-state index contributed by atoms with van der Waals surface area (Å²) in [5.41, 5.74) is 10.6. The third kappa shape index (κ3) is 5.28. The fraction of sp³-hybridized carbons (Fsp3) is 0.0233. The van der Waals surface area contributed by atoms with Gasteiger partial charge in [-0.2, -0.15) is 0 Å². The van der Waals surface area contributed by atoms with Crippen molar-refractivity contribution in [3.05, 3.63) is 167 Å². The predicted octanol–water partition coefficient (Wildman–Crippen LogP) is 12.8. The molecule has 0 atom stereocenters. The number of ether oxygens (including phenoxy) is 1. The van der Waals surface area contributed by atoms with Crippen LogP contribution < -0.4 is 10.1 Å². The molecule has 10 rings (SSSR count). The number of nitrogens with one attached hydrogen (secondary N) is 1. The molecular weight excluding hydrogens is 661 g/mol. The number of fused-ring (bicyclic) bond motifs is 11. The third-order valence-electron chi connectivity index (χ3n) is 9.04. The summed E-state index contributed by atoms with van der Waals surface area (Å²) in [5.74, 6) is 1.19. The lowest BCUT2D eigenvalue weighted by Crippen LogP contribution is -1.96. The van der Waals surface area contributed by atoms with Crippen LogP contribution >= 0.6 is 23.2 Å². The lowest BCUT2D eigenvalue weighted by molar-refractivity contribution is 0.486. The van der Waals surface area contributed by atoms with Gasteiger partial charge in [0.15, 0.2) is 5.75 Å². The van der Waals surface area contributed by atoms with Gasteiger partial charge in [0.05, 0.1) is 37.8 Å². The summed E-state index contributed by atoms with van der Waals surface area (Å²) in [5, 5.41) is 9.02. The zero-order valence-electron chi connectivity index (χ0n) is 26.5. The third-order valence-corrected chi connectivity index (χ3v) is 9.69. The Morgan fingerprint density at radius 3 is 2.28 bits per heavy atom. The number of para-hydroxylation sites is 3. The normalized spacial score (nSPS) is 11.7. The van der Waals surface area contributed by atoms with Crippen LogP contribution in [-0.2, 0) is 6.42 Å². The van der Waals surface area contributed by atoms with E-state index in [2.05, 4.69) is 52.8 Å². The molecule has 3 aromatic heterocycles. The SMILES string of the molecule is Clc1ccccc1Nc1cc2cccnc2cc1Oc1ccccc1Cl.c1ccc2c(c1)Cc1c-2c2cccnc2c2c1oc1ccccc12. The van der Waals surface area contributed by atoms with Crippen LogP contribution in [-0.4, -0.2) is 9.97 Å². The highest BCUT2D eigenvalue weighted by Gasteiger charge is 2.27. The average Bonchev–Trinajstić information content (AvgIpc) is 3.74. The van der Waals surface area contributed by atoms with Crippen molar-refractivity contribution in [3.63, 3.8) is 0 Å². The summed E-state index contributed by atoms with van der Waals surface area (Å²) in [6.07, 6.45) is 4.55. The van der Waals surface area contributed by atoms with Gasteiger partial charge < -0.3 is 14.5 Å². The minimum Gasteiger partial charge on any atom is -0.456 e. The molecule has 0 spiro atoms. The fourth-order valence-electron chi connectivity index (χ4n) is 6.80. The van der Waals surface area contributed by atoms with Crippen molar-refractivity contribution in [2.75, 3.05) is 5.32 Å². The second kappa shape index (κ2) is 12.5. The highest BCUT2D eigenvalue weighted by molar-refractivity contribution is 6.33.